The number of benzene rings is 1. The average Bonchev–Trinajstić information content (AvgIpc) is 2.84. The Morgan fingerprint density at radius 3 is 2.85 bits per heavy atom. The van der Waals surface area contributed by atoms with E-state index < -0.39 is 0 Å². The SMILES string of the molecule is Cc1ccc(CC(C)Nc2cnnc3ccccc23)s1. The fourth-order valence-corrected chi connectivity index (χ4v) is 3.35. The molecule has 102 valence electrons. The molecule has 1 aromatic carbocycles. The maximum absolute atomic E-state index is 4.15. The molecule has 3 nitrogen and oxygen atoms in total. The first kappa shape index (κ1) is 13.1. The van der Waals surface area contributed by atoms with Crippen molar-refractivity contribution in [2.45, 2.75) is 26.3 Å². The largest absolute Gasteiger partial charge is 0.380 e. The standard InChI is InChI=1S/C16H17N3S/c1-11(9-13-8-7-12(2)20-13)18-16-10-17-19-15-6-4-3-5-14(15)16/h3-8,10-11H,9H2,1-2H3,(H,18,19). The van der Waals surface area contributed by atoms with Gasteiger partial charge in [-0.05, 0) is 32.0 Å². The minimum atomic E-state index is 0.362. The molecule has 0 fully saturated rings. The van der Waals surface area contributed by atoms with Gasteiger partial charge in [0.05, 0.1) is 17.4 Å². The summed E-state index contributed by atoms with van der Waals surface area (Å²) in [6, 6.07) is 12.8. The Kier molecular flexibility index (Phi) is 3.65. The molecular weight excluding hydrogens is 266 g/mol. The Balaban J connectivity index is 1.79. The quantitative estimate of drug-likeness (QED) is 0.785. The number of aryl methyl sites for hydroxylation is 1. The van der Waals surface area contributed by atoms with Crippen molar-refractivity contribution < 1.29 is 0 Å². The summed E-state index contributed by atoms with van der Waals surface area (Å²) in [5.74, 6) is 0. The lowest BCUT2D eigenvalue weighted by atomic mass is 10.1. The minimum absolute atomic E-state index is 0.362. The molecule has 2 heterocycles. The third-order valence-electron chi connectivity index (χ3n) is 3.25. The van der Waals surface area contributed by atoms with E-state index in [2.05, 4.69) is 47.6 Å². The molecule has 3 aromatic rings. The Morgan fingerprint density at radius 2 is 2.05 bits per heavy atom. The number of hydrogen-bond acceptors (Lipinski definition) is 4. The van der Waals surface area contributed by atoms with Gasteiger partial charge >= 0.3 is 0 Å². The minimum Gasteiger partial charge on any atom is -0.380 e. The predicted molar refractivity (Wildman–Crippen MR) is 85.4 cm³/mol. The van der Waals surface area contributed by atoms with E-state index >= 15 is 0 Å². The molecular formula is C16H17N3S. The van der Waals surface area contributed by atoms with Crippen molar-refractivity contribution in [3.05, 3.63) is 52.3 Å². The fraction of sp³-hybridized carbons (Fsp3) is 0.250. The van der Waals surface area contributed by atoms with Crippen molar-refractivity contribution in [1.29, 1.82) is 0 Å². The van der Waals surface area contributed by atoms with Crippen LogP contribution in [-0.4, -0.2) is 16.2 Å². The van der Waals surface area contributed by atoms with Crippen LogP contribution < -0.4 is 5.32 Å². The third kappa shape index (κ3) is 2.80. The second-order valence-corrected chi connectivity index (χ2v) is 6.41. The van der Waals surface area contributed by atoms with E-state index in [0.717, 1.165) is 23.0 Å². The van der Waals surface area contributed by atoms with Gasteiger partial charge in [0, 0.05) is 27.6 Å². The molecule has 0 aliphatic carbocycles. The van der Waals surface area contributed by atoms with Crippen molar-refractivity contribution in [1.82, 2.24) is 10.2 Å². The second-order valence-electron chi connectivity index (χ2n) is 5.04. The fourth-order valence-electron chi connectivity index (χ4n) is 2.34. The molecule has 0 aliphatic rings. The molecule has 0 saturated heterocycles. The van der Waals surface area contributed by atoms with E-state index in [0.29, 0.717) is 6.04 Å². The maximum atomic E-state index is 4.15. The van der Waals surface area contributed by atoms with Crippen molar-refractivity contribution in [2.24, 2.45) is 0 Å². The molecule has 0 spiro atoms. The number of aromatic nitrogens is 2. The van der Waals surface area contributed by atoms with Gasteiger partial charge in [0.1, 0.15) is 0 Å². The predicted octanol–water partition coefficient (Wildman–Crippen LogP) is 4.04. The highest BCUT2D eigenvalue weighted by molar-refractivity contribution is 7.11. The van der Waals surface area contributed by atoms with Gasteiger partial charge in [-0.3, -0.25) is 0 Å². The van der Waals surface area contributed by atoms with Gasteiger partial charge in [0.25, 0.3) is 0 Å². The summed E-state index contributed by atoms with van der Waals surface area (Å²) in [4.78, 5) is 2.78. The average molecular weight is 283 g/mol. The summed E-state index contributed by atoms with van der Waals surface area (Å²) < 4.78 is 0. The molecule has 2 aromatic heterocycles. The van der Waals surface area contributed by atoms with E-state index in [1.165, 1.54) is 9.75 Å². The molecule has 3 rings (SSSR count). The summed E-state index contributed by atoms with van der Waals surface area (Å²) in [5.41, 5.74) is 1.98. The van der Waals surface area contributed by atoms with Crippen molar-refractivity contribution >= 4 is 27.9 Å². The van der Waals surface area contributed by atoms with E-state index in [9.17, 15) is 0 Å². The van der Waals surface area contributed by atoms with Crippen LogP contribution in [0.2, 0.25) is 0 Å². The first-order valence-electron chi connectivity index (χ1n) is 6.74. The molecule has 0 radical (unpaired) electrons. The normalized spacial score (nSPS) is 12.5. The number of thiophene rings is 1. The van der Waals surface area contributed by atoms with Crippen LogP contribution in [0.5, 0.6) is 0 Å². The zero-order valence-corrected chi connectivity index (χ0v) is 12.4. The van der Waals surface area contributed by atoms with Gasteiger partial charge in [-0.1, -0.05) is 18.2 Å². The van der Waals surface area contributed by atoms with Crippen LogP contribution in [0.1, 0.15) is 16.7 Å². The molecule has 0 saturated carbocycles. The first-order chi connectivity index (χ1) is 9.72. The van der Waals surface area contributed by atoms with Gasteiger partial charge in [-0.2, -0.15) is 10.2 Å². The molecule has 1 unspecified atom stereocenters. The number of fused-ring (bicyclic) bond motifs is 1. The molecule has 0 aliphatic heterocycles. The number of rotatable bonds is 4. The molecule has 0 amide bonds. The van der Waals surface area contributed by atoms with Crippen LogP contribution in [0.4, 0.5) is 5.69 Å². The zero-order chi connectivity index (χ0) is 13.9. The van der Waals surface area contributed by atoms with E-state index in [1.807, 2.05) is 29.5 Å². The lowest BCUT2D eigenvalue weighted by Crippen LogP contribution is -2.18. The van der Waals surface area contributed by atoms with E-state index in [1.54, 1.807) is 6.20 Å². The Bertz CT molecular complexity index is 715. The van der Waals surface area contributed by atoms with Crippen LogP contribution in [-0.2, 0) is 6.42 Å². The number of nitrogens with zero attached hydrogens (tertiary/aromatic N) is 2. The second kappa shape index (κ2) is 5.59. The Hall–Kier alpha value is -1.94. The van der Waals surface area contributed by atoms with Crippen molar-refractivity contribution in [2.75, 3.05) is 5.32 Å². The van der Waals surface area contributed by atoms with Crippen LogP contribution in [0.25, 0.3) is 10.9 Å². The van der Waals surface area contributed by atoms with E-state index in [4.69, 9.17) is 0 Å². The molecule has 20 heavy (non-hydrogen) atoms. The van der Waals surface area contributed by atoms with Gasteiger partial charge < -0.3 is 5.32 Å². The zero-order valence-electron chi connectivity index (χ0n) is 11.6. The smallest absolute Gasteiger partial charge is 0.0950 e. The molecule has 1 N–H and O–H groups in total. The third-order valence-corrected chi connectivity index (χ3v) is 4.27. The molecule has 4 heteroatoms. The highest BCUT2D eigenvalue weighted by atomic mass is 32.1. The topological polar surface area (TPSA) is 37.8 Å². The van der Waals surface area contributed by atoms with Crippen LogP contribution in [0.15, 0.2) is 42.6 Å². The van der Waals surface area contributed by atoms with Gasteiger partial charge in [0.15, 0.2) is 0 Å². The Morgan fingerprint density at radius 1 is 1.20 bits per heavy atom. The molecule has 1 atom stereocenters. The Labute approximate surface area is 122 Å². The van der Waals surface area contributed by atoms with Crippen LogP contribution in [0, 0.1) is 6.92 Å². The van der Waals surface area contributed by atoms with Crippen LogP contribution in [0.3, 0.4) is 0 Å². The summed E-state index contributed by atoms with van der Waals surface area (Å²) >= 11 is 1.86. The van der Waals surface area contributed by atoms with Gasteiger partial charge in [-0.25, -0.2) is 0 Å². The summed E-state index contributed by atoms with van der Waals surface area (Å²) in [7, 11) is 0. The lowest BCUT2D eigenvalue weighted by Gasteiger charge is -2.15. The molecule has 0 bridgehead atoms. The van der Waals surface area contributed by atoms with Crippen LogP contribution >= 0.6 is 11.3 Å². The highest BCUT2D eigenvalue weighted by Gasteiger charge is 2.08. The maximum Gasteiger partial charge on any atom is 0.0950 e. The summed E-state index contributed by atoms with van der Waals surface area (Å²) in [6.07, 6.45) is 2.83. The first-order valence-corrected chi connectivity index (χ1v) is 7.56. The number of nitrogens with one attached hydrogen (secondary N) is 1. The number of anilines is 1. The number of hydrogen-bond donors (Lipinski definition) is 1. The van der Waals surface area contributed by atoms with Crippen molar-refractivity contribution in [3.63, 3.8) is 0 Å². The van der Waals surface area contributed by atoms with E-state index in [-0.39, 0.29) is 0 Å². The van der Waals surface area contributed by atoms with Gasteiger partial charge in [-0.15, -0.1) is 11.3 Å². The monoisotopic (exact) mass is 283 g/mol. The highest BCUT2D eigenvalue weighted by Crippen LogP contribution is 2.22. The lowest BCUT2D eigenvalue weighted by molar-refractivity contribution is 0.800. The van der Waals surface area contributed by atoms with Crippen molar-refractivity contribution in [3.8, 4) is 0 Å². The van der Waals surface area contributed by atoms with Gasteiger partial charge in [0.2, 0.25) is 0 Å². The summed E-state index contributed by atoms with van der Waals surface area (Å²) in [5, 5.41) is 12.9. The summed E-state index contributed by atoms with van der Waals surface area (Å²) in [6.45, 7) is 4.34.